The molecule has 2 aromatic carbocycles. The Labute approximate surface area is 242 Å². The second kappa shape index (κ2) is 11.3. The molecule has 3 aromatic rings. The highest BCUT2D eigenvalue weighted by atomic mass is 35.5. The van der Waals surface area contributed by atoms with Crippen LogP contribution < -0.4 is 14.9 Å². The fourth-order valence-corrected chi connectivity index (χ4v) is 7.26. The third-order valence-corrected chi connectivity index (χ3v) is 8.87. The van der Waals surface area contributed by atoms with Gasteiger partial charge in [-0.05, 0) is 74.6 Å². The van der Waals surface area contributed by atoms with E-state index in [0.717, 1.165) is 0 Å². The molecule has 0 aliphatic carbocycles. The Bertz CT molecular complexity index is 1530. The molecule has 12 heteroatoms. The van der Waals surface area contributed by atoms with Gasteiger partial charge >= 0.3 is 0 Å². The minimum atomic E-state index is -4.08. The number of fused-ring (bicyclic) bond motifs is 1. The van der Waals surface area contributed by atoms with E-state index in [9.17, 15) is 18.0 Å². The molecule has 1 aliphatic rings. The van der Waals surface area contributed by atoms with Gasteiger partial charge in [-0.25, -0.2) is 17.7 Å². The molecule has 2 heterocycles. The highest BCUT2D eigenvalue weighted by Crippen LogP contribution is 2.37. The standard InChI is InChI=1S/C27H27Cl3N4O4S/c1-16(35)33-27(2,3)14-17-12-18-10-11-23(32-26(36)24-21(29)8-5-9-22(24)30)31-25(18)34(15-17)39(37,38)20-7-4-6-19(28)13-20/h4-11,13,17H,12,14-15H2,1-3H3,(H,33,35)(H,31,32,36). The maximum Gasteiger partial charge on any atom is 0.265 e. The van der Waals surface area contributed by atoms with Gasteiger partial charge < -0.3 is 10.6 Å². The van der Waals surface area contributed by atoms with Crippen molar-refractivity contribution in [2.75, 3.05) is 16.2 Å². The van der Waals surface area contributed by atoms with E-state index in [1.807, 2.05) is 13.8 Å². The number of hydrogen-bond donors (Lipinski definition) is 2. The second-order valence-electron chi connectivity index (χ2n) is 10.1. The molecule has 1 atom stereocenters. The van der Waals surface area contributed by atoms with Gasteiger partial charge in [0.25, 0.3) is 15.9 Å². The second-order valence-corrected chi connectivity index (χ2v) is 13.2. The number of rotatable bonds is 7. The highest BCUT2D eigenvalue weighted by molar-refractivity contribution is 7.92. The first-order valence-electron chi connectivity index (χ1n) is 12.1. The molecule has 206 valence electrons. The predicted octanol–water partition coefficient (Wildman–Crippen LogP) is 5.97. The lowest BCUT2D eigenvalue weighted by atomic mass is 9.84. The lowest BCUT2D eigenvalue weighted by Crippen LogP contribution is -2.48. The minimum absolute atomic E-state index is 0.0156. The van der Waals surface area contributed by atoms with Gasteiger partial charge in [0.2, 0.25) is 5.91 Å². The van der Waals surface area contributed by atoms with E-state index in [4.69, 9.17) is 34.8 Å². The van der Waals surface area contributed by atoms with Crippen molar-refractivity contribution in [2.24, 2.45) is 5.92 Å². The Morgan fingerprint density at radius 1 is 1.05 bits per heavy atom. The molecule has 0 radical (unpaired) electrons. The van der Waals surface area contributed by atoms with E-state index in [-0.39, 0.29) is 55.5 Å². The van der Waals surface area contributed by atoms with Gasteiger partial charge in [-0.15, -0.1) is 0 Å². The number of nitrogens with one attached hydrogen (secondary N) is 2. The monoisotopic (exact) mass is 608 g/mol. The average Bonchev–Trinajstić information content (AvgIpc) is 2.82. The van der Waals surface area contributed by atoms with Crippen LogP contribution in [0.15, 0.2) is 59.5 Å². The lowest BCUT2D eigenvalue weighted by Gasteiger charge is -2.38. The highest BCUT2D eigenvalue weighted by Gasteiger charge is 2.37. The number of carbonyl (C=O) groups excluding carboxylic acids is 2. The number of anilines is 2. The summed E-state index contributed by atoms with van der Waals surface area (Å²) in [5.74, 6) is -0.532. The van der Waals surface area contributed by atoms with E-state index in [2.05, 4.69) is 15.6 Å². The van der Waals surface area contributed by atoms with Gasteiger partial charge in [-0.2, -0.15) is 0 Å². The summed E-state index contributed by atoms with van der Waals surface area (Å²) < 4.78 is 29.0. The van der Waals surface area contributed by atoms with Crippen molar-refractivity contribution in [1.29, 1.82) is 0 Å². The summed E-state index contributed by atoms with van der Waals surface area (Å²) in [6.45, 7) is 5.36. The van der Waals surface area contributed by atoms with Crippen LogP contribution in [-0.4, -0.2) is 37.3 Å². The Balaban J connectivity index is 1.73. The van der Waals surface area contributed by atoms with Crippen molar-refractivity contribution < 1.29 is 18.0 Å². The van der Waals surface area contributed by atoms with Crippen molar-refractivity contribution in [3.63, 3.8) is 0 Å². The van der Waals surface area contributed by atoms with Gasteiger partial charge in [0.05, 0.1) is 20.5 Å². The minimum Gasteiger partial charge on any atom is -0.351 e. The maximum absolute atomic E-state index is 13.9. The summed E-state index contributed by atoms with van der Waals surface area (Å²) in [6, 6.07) is 14.1. The first-order chi connectivity index (χ1) is 18.3. The molecule has 1 unspecified atom stereocenters. The van der Waals surface area contributed by atoms with E-state index >= 15 is 0 Å². The summed E-state index contributed by atoms with van der Waals surface area (Å²) in [6.07, 6.45) is 1.05. The molecule has 2 amide bonds. The van der Waals surface area contributed by atoms with Crippen LogP contribution >= 0.6 is 34.8 Å². The molecular formula is C27H27Cl3N4O4S. The Morgan fingerprint density at radius 2 is 1.72 bits per heavy atom. The number of hydrogen-bond acceptors (Lipinski definition) is 5. The molecule has 4 rings (SSSR count). The molecule has 0 spiro atoms. The van der Waals surface area contributed by atoms with Crippen molar-refractivity contribution in [2.45, 2.75) is 44.0 Å². The quantitative estimate of drug-likeness (QED) is 0.343. The number of nitrogens with zero attached hydrogens (tertiary/aromatic N) is 2. The third-order valence-electron chi connectivity index (χ3n) is 6.25. The molecule has 0 bridgehead atoms. The molecule has 0 saturated carbocycles. The predicted molar refractivity (Wildman–Crippen MR) is 154 cm³/mol. The Kier molecular flexibility index (Phi) is 8.47. The van der Waals surface area contributed by atoms with Gasteiger partial charge in [0, 0.05) is 24.0 Å². The average molecular weight is 610 g/mol. The summed E-state index contributed by atoms with van der Waals surface area (Å²) in [4.78, 5) is 29.2. The Hall–Kier alpha value is -2.85. The first-order valence-corrected chi connectivity index (χ1v) is 14.7. The van der Waals surface area contributed by atoms with Crippen LogP contribution in [0.25, 0.3) is 0 Å². The van der Waals surface area contributed by atoms with Crippen LogP contribution in [-0.2, 0) is 21.2 Å². The number of sulfonamides is 1. The van der Waals surface area contributed by atoms with Crippen LogP contribution in [0, 0.1) is 5.92 Å². The fraction of sp³-hybridized carbons (Fsp3) is 0.296. The molecule has 1 aliphatic heterocycles. The lowest BCUT2D eigenvalue weighted by molar-refractivity contribution is -0.120. The zero-order chi connectivity index (χ0) is 28.5. The van der Waals surface area contributed by atoms with Crippen LogP contribution in [0.5, 0.6) is 0 Å². The van der Waals surface area contributed by atoms with Crippen LogP contribution in [0.1, 0.15) is 43.1 Å². The van der Waals surface area contributed by atoms with Crippen molar-refractivity contribution >= 4 is 68.3 Å². The van der Waals surface area contributed by atoms with Crippen LogP contribution in [0.2, 0.25) is 15.1 Å². The Morgan fingerprint density at radius 3 is 2.36 bits per heavy atom. The number of aromatic nitrogens is 1. The normalized spacial score (nSPS) is 15.4. The summed E-state index contributed by atoms with van der Waals surface area (Å²) in [7, 11) is -4.08. The third kappa shape index (κ3) is 6.66. The van der Waals surface area contributed by atoms with Crippen molar-refractivity contribution in [3.8, 4) is 0 Å². The smallest absolute Gasteiger partial charge is 0.265 e. The number of carbonyl (C=O) groups is 2. The molecular weight excluding hydrogens is 583 g/mol. The van der Waals surface area contributed by atoms with Gasteiger partial charge in [0.15, 0.2) is 0 Å². The van der Waals surface area contributed by atoms with Crippen LogP contribution in [0.3, 0.4) is 0 Å². The zero-order valence-corrected chi connectivity index (χ0v) is 24.5. The van der Waals surface area contributed by atoms with E-state index in [1.165, 1.54) is 23.4 Å². The van der Waals surface area contributed by atoms with E-state index in [0.29, 0.717) is 18.4 Å². The number of amides is 2. The molecule has 2 N–H and O–H groups in total. The van der Waals surface area contributed by atoms with Crippen molar-refractivity contribution in [3.05, 3.63) is 80.8 Å². The zero-order valence-electron chi connectivity index (χ0n) is 21.5. The number of halogens is 3. The molecule has 0 fully saturated rings. The van der Waals surface area contributed by atoms with Crippen LogP contribution in [0.4, 0.5) is 11.6 Å². The SMILES string of the molecule is CC(=O)NC(C)(C)CC1Cc2ccc(NC(=O)c3c(Cl)cccc3Cl)nc2N(S(=O)(=O)c2cccc(Cl)c2)C1. The summed E-state index contributed by atoms with van der Waals surface area (Å²) in [5, 5.41) is 6.23. The summed E-state index contributed by atoms with van der Waals surface area (Å²) in [5.41, 5.74) is 0.211. The molecule has 39 heavy (non-hydrogen) atoms. The molecule has 1 aromatic heterocycles. The molecule has 0 saturated heterocycles. The largest absolute Gasteiger partial charge is 0.351 e. The summed E-state index contributed by atoms with van der Waals surface area (Å²) >= 11 is 18.5. The van der Waals surface area contributed by atoms with E-state index < -0.39 is 21.5 Å². The fourth-order valence-electron chi connectivity index (χ4n) is 4.86. The van der Waals surface area contributed by atoms with Crippen molar-refractivity contribution in [1.82, 2.24) is 10.3 Å². The maximum atomic E-state index is 13.9. The number of benzene rings is 2. The first kappa shape index (κ1) is 29.1. The van der Waals surface area contributed by atoms with E-state index in [1.54, 1.807) is 42.5 Å². The topological polar surface area (TPSA) is 108 Å². The number of pyridine rings is 1. The van der Waals surface area contributed by atoms with Gasteiger partial charge in [-0.1, -0.05) is 53.0 Å². The molecule has 8 nitrogen and oxygen atoms in total. The van der Waals surface area contributed by atoms with Gasteiger partial charge in [0.1, 0.15) is 11.6 Å². The van der Waals surface area contributed by atoms with Gasteiger partial charge in [-0.3, -0.25) is 9.59 Å².